The van der Waals surface area contributed by atoms with Crippen molar-refractivity contribution in [2.24, 2.45) is 11.8 Å². The minimum absolute atomic E-state index is 0.406. The van der Waals surface area contributed by atoms with Crippen LogP contribution in [0.1, 0.15) is 41.0 Å². The summed E-state index contributed by atoms with van der Waals surface area (Å²) >= 11 is 0. The molecule has 0 fully saturated rings. The molecule has 2 atom stereocenters. The quantitative estimate of drug-likeness (QED) is 0.597. The van der Waals surface area contributed by atoms with Crippen LogP contribution < -0.4 is 0 Å². The van der Waals surface area contributed by atoms with Crippen LogP contribution in [0.2, 0.25) is 0 Å². The lowest BCUT2D eigenvalue weighted by Crippen LogP contribution is -2.18. The van der Waals surface area contributed by atoms with Gasteiger partial charge in [0.15, 0.2) is 0 Å². The summed E-state index contributed by atoms with van der Waals surface area (Å²) in [6.07, 6.45) is 1.62. The summed E-state index contributed by atoms with van der Waals surface area (Å²) < 4.78 is 5.66. The van der Waals surface area contributed by atoms with Crippen molar-refractivity contribution in [3.8, 4) is 0 Å². The Morgan fingerprint density at radius 1 is 1.09 bits per heavy atom. The third-order valence-electron chi connectivity index (χ3n) is 2.28. The largest absolute Gasteiger partial charge is 0.378 e. The summed E-state index contributed by atoms with van der Waals surface area (Å²) in [5.41, 5.74) is 0. The first-order chi connectivity index (χ1) is 5.07. The van der Waals surface area contributed by atoms with Gasteiger partial charge in [0, 0.05) is 6.61 Å². The third-order valence-corrected chi connectivity index (χ3v) is 2.28. The smallest absolute Gasteiger partial charge is 0.0570 e. The van der Waals surface area contributed by atoms with Crippen molar-refractivity contribution >= 4 is 0 Å². The standard InChI is InChI=1S/C10H22O/c1-6-9(4)7-11-10(5)8(2)3/h8-10H,6-7H2,1-5H3. The maximum atomic E-state index is 5.66. The van der Waals surface area contributed by atoms with E-state index in [1.165, 1.54) is 6.42 Å². The Kier molecular flexibility index (Phi) is 5.57. The van der Waals surface area contributed by atoms with E-state index in [0.29, 0.717) is 17.9 Å². The molecule has 0 amide bonds. The van der Waals surface area contributed by atoms with Crippen LogP contribution in [0.15, 0.2) is 0 Å². The molecule has 0 aromatic carbocycles. The summed E-state index contributed by atoms with van der Waals surface area (Å²) in [5, 5.41) is 0. The minimum Gasteiger partial charge on any atom is -0.378 e. The molecule has 0 aliphatic carbocycles. The van der Waals surface area contributed by atoms with Gasteiger partial charge in [0.1, 0.15) is 0 Å². The highest BCUT2D eigenvalue weighted by Gasteiger charge is 2.08. The van der Waals surface area contributed by atoms with E-state index < -0.39 is 0 Å². The number of hydrogen-bond donors (Lipinski definition) is 0. The molecule has 0 saturated heterocycles. The van der Waals surface area contributed by atoms with Gasteiger partial charge in [-0.15, -0.1) is 0 Å². The van der Waals surface area contributed by atoms with Crippen molar-refractivity contribution in [1.29, 1.82) is 0 Å². The highest BCUT2D eigenvalue weighted by Crippen LogP contribution is 2.08. The van der Waals surface area contributed by atoms with E-state index in [4.69, 9.17) is 4.74 Å². The lowest BCUT2D eigenvalue weighted by molar-refractivity contribution is 0.0163. The minimum atomic E-state index is 0.406. The lowest BCUT2D eigenvalue weighted by atomic mass is 10.1. The van der Waals surface area contributed by atoms with Crippen molar-refractivity contribution in [2.45, 2.75) is 47.1 Å². The second-order valence-corrected chi connectivity index (χ2v) is 3.80. The van der Waals surface area contributed by atoms with Gasteiger partial charge >= 0.3 is 0 Å². The second kappa shape index (κ2) is 5.59. The average molecular weight is 158 g/mol. The van der Waals surface area contributed by atoms with Crippen molar-refractivity contribution in [3.05, 3.63) is 0 Å². The summed E-state index contributed by atoms with van der Waals surface area (Å²) in [6, 6.07) is 0. The molecule has 1 nitrogen and oxygen atoms in total. The topological polar surface area (TPSA) is 9.23 Å². The summed E-state index contributed by atoms with van der Waals surface area (Å²) in [5.74, 6) is 1.34. The van der Waals surface area contributed by atoms with E-state index >= 15 is 0 Å². The average Bonchev–Trinajstić information content (AvgIpc) is 1.99. The first-order valence-corrected chi connectivity index (χ1v) is 4.69. The van der Waals surface area contributed by atoms with Crippen LogP contribution in [0.3, 0.4) is 0 Å². The van der Waals surface area contributed by atoms with Crippen molar-refractivity contribution in [1.82, 2.24) is 0 Å². The van der Waals surface area contributed by atoms with Gasteiger partial charge < -0.3 is 4.74 Å². The van der Waals surface area contributed by atoms with Crippen LogP contribution in [0.4, 0.5) is 0 Å². The van der Waals surface area contributed by atoms with Crippen LogP contribution in [0, 0.1) is 11.8 Å². The third kappa shape index (κ3) is 5.25. The zero-order valence-corrected chi connectivity index (χ0v) is 8.55. The first kappa shape index (κ1) is 11.0. The maximum Gasteiger partial charge on any atom is 0.0570 e. The Labute approximate surface area is 71.1 Å². The Morgan fingerprint density at radius 3 is 2.00 bits per heavy atom. The molecule has 2 unspecified atom stereocenters. The molecule has 0 spiro atoms. The molecule has 11 heavy (non-hydrogen) atoms. The maximum absolute atomic E-state index is 5.66. The molecule has 0 aliphatic rings. The van der Waals surface area contributed by atoms with Crippen molar-refractivity contribution in [2.75, 3.05) is 6.61 Å². The lowest BCUT2D eigenvalue weighted by Gasteiger charge is -2.18. The van der Waals surface area contributed by atoms with Crippen LogP contribution in [-0.4, -0.2) is 12.7 Å². The van der Waals surface area contributed by atoms with Gasteiger partial charge in [-0.3, -0.25) is 0 Å². The molecule has 1 heteroatoms. The van der Waals surface area contributed by atoms with E-state index in [9.17, 15) is 0 Å². The van der Waals surface area contributed by atoms with Gasteiger partial charge in [-0.25, -0.2) is 0 Å². The zero-order valence-electron chi connectivity index (χ0n) is 8.55. The predicted molar refractivity (Wildman–Crippen MR) is 49.7 cm³/mol. The van der Waals surface area contributed by atoms with E-state index in [1.54, 1.807) is 0 Å². The van der Waals surface area contributed by atoms with Gasteiger partial charge in [0.25, 0.3) is 0 Å². The molecule has 0 aromatic rings. The highest BCUT2D eigenvalue weighted by molar-refractivity contribution is 4.56. The Balaban J connectivity index is 3.37. The number of hydrogen-bond acceptors (Lipinski definition) is 1. The molecule has 0 aliphatic heterocycles. The van der Waals surface area contributed by atoms with E-state index in [1.807, 2.05) is 0 Å². The molecule has 0 rings (SSSR count). The highest BCUT2D eigenvalue weighted by atomic mass is 16.5. The van der Waals surface area contributed by atoms with Gasteiger partial charge in [-0.2, -0.15) is 0 Å². The normalized spacial score (nSPS) is 16.9. The number of ether oxygens (including phenoxy) is 1. The molecule has 0 radical (unpaired) electrons. The summed E-state index contributed by atoms with van der Waals surface area (Å²) in [6.45, 7) is 11.9. The molecule has 0 aromatic heterocycles. The predicted octanol–water partition coefficient (Wildman–Crippen LogP) is 3.09. The van der Waals surface area contributed by atoms with E-state index in [-0.39, 0.29) is 0 Å². The first-order valence-electron chi connectivity index (χ1n) is 4.69. The molecule has 0 heterocycles. The van der Waals surface area contributed by atoms with Gasteiger partial charge in [-0.1, -0.05) is 34.1 Å². The van der Waals surface area contributed by atoms with Crippen LogP contribution in [0.25, 0.3) is 0 Å². The van der Waals surface area contributed by atoms with Crippen LogP contribution in [-0.2, 0) is 4.74 Å². The molecule has 0 saturated carbocycles. The Bertz CT molecular complexity index is 88.9. The zero-order chi connectivity index (χ0) is 8.85. The summed E-state index contributed by atoms with van der Waals surface area (Å²) in [7, 11) is 0. The second-order valence-electron chi connectivity index (χ2n) is 3.80. The van der Waals surface area contributed by atoms with Crippen LogP contribution >= 0.6 is 0 Å². The fourth-order valence-electron chi connectivity index (χ4n) is 0.626. The van der Waals surface area contributed by atoms with Crippen molar-refractivity contribution < 1.29 is 4.74 Å². The molecular formula is C10H22O. The molecular weight excluding hydrogens is 136 g/mol. The van der Waals surface area contributed by atoms with Crippen LogP contribution in [0.5, 0.6) is 0 Å². The summed E-state index contributed by atoms with van der Waals surface area (Å²) in [4.78, 5) is 0. The fourth-order valence-corrected chi connectivity index (χ4v) is 0.626. The fraction of sp³-hybridized carbons (Fsp3) is 1.00. The molecule has 68 valence electrons. The van der Waals surface area contributed by atoms with E-state index in [0.717, 1.165) is 6.61 Å². The van der Waals surface area contributed by atoms with Gasteiger partial charge in [0.2, 0.25) is 0 Å². The Hall–Kier alpha value is -0.0400. The monoisotopic (exact) mass is 158 g/mol. The SMILES string of the molecule is CCC(C)COC(C)C(C)C. The van der Waals surface area contributed by atoms with Crippen molar-refractivity contribution in [3.63, 3.8) is 0 Å². The van der Waals surface area contributed by atoms with Gasteiger partial charge in [-0.05, 0) is 18.8 Å². The number of rotatable bonds is 5. The molecule has 0 bridgehead atoms. The van der Waals surface area contributed by atoms with Gasteiger partial charge in [0.05, 0.1) is 6.10 Å². The Morgan fingerprint density at radius 2 is 1.64 bits per heavy atom. The molecule has 0 N–H and O–H groups in total. The van der Waals surface area contributed by atoms with E-state index in [2.05, 4.69) is 34.6 Å².